The summed E-state index contributed by atoms with van der Waals surface area (Å²) in [7, 11) is 0. The molecule has 0 radical (unpaired) electrons. The average molecular weight is 326 g/mol. The molecule has 0 saturated heterocycles. The first-order chi connectivity index (χ1) is 11.7. The maximum Gasteiger partial charge on any atom is 0.252 e. The van der Waals surface area contributed by atoms with E-state index in [1.54, 1.807) is 11.1 Å². The van der Waals surface area contributed by atoms with Gasteiger partial charge in [0.2, 0.25) is 5.90 Å². The van der Waals surface area contributed by atoms with Crippen LogP contribution in [0.2, 0.25) is 0 Å². The van der Waals surface area contributed by atoms with Crippen LogP contribution >= 0.6 is 0 Å². The monoisotopic (exact) mass is 326 g/mol. The SMILES string of the molecule is CC1OC2=NC3=C(CNN3C=C2)C(=O)NCCOc2ccccc21. The Morgan fingerprint density at radius 1 is 1.33 bits per heavy atom. The van der Waals surface area contributed by atoms with Gasteiger partial charge >= 0.3 is 0 Å². The van der Waals surface area contributed by atoms with Crippen LogP contribution in [-0.2, 0) is 9.53 Å². The molecule has 0 spiro atoms. The van der Waals surface area contributed by atoms with E-state index in [1.165, 1.54) is 0 Å². The van der Waals surface area contributed by atoms with Gasteiger partial charge in [0.25, 0.3) is 5.91 Å². The van der Waals surface area contributed by atoms with Gasteiger partial charge in [0.15, 0.2) is 5.82 Å². The number of benzene rings is 1. The Morgan fingerprint density at radius 2 is 2.21 bits per heavy atom. The number of hydrogen-bond donors (Lipinski definition) is 2. The second kappa shape index (κ2) is 6.01. The molecule has 1 unspecified atom stereocenters. The molecular weight excluding hydrogens is 308 g/mol. The van der Waals surface area contributed by atoms with Gasteiger partial charge in [-0.1, -0.05) is 18.2 Å². The summed E-state index contributed by atoms with van der Waals surface area (Å²) in [6, 6.07) is 7.74. The fourth-order valence-electron chi connectivity index (χ4n) is 2.86. The summed E-state index contributed by atoms with van der Waals surface area (Å²) >= 11 is 0. The molecule has 0 aromatic heterocycles. The molecule has 7 heteroatoms. The summed E-state index contributed by atoms with van der Waals surface area (Å²) < 4.78 is 11.8. The van der Waals surface area contributed by atoms with Gasteiger partial charge in [0.05, 0.1) is 12.1 Å². The van der Waals surface area contributed by atoms with Crippen molar-refractivity contribution in [3.63, 3.8) is 0 Å². The number of carbonyl (C=O) groups is 1. The van der Waals surface area contributed by atoms with Crippen LogP contribution in [0, 0.1) is 0 Å². The number of hydrazine groups is 1. The molecule has 0 aliphatic carbocycles. The molecule has 0 saturated carbocycles. The highest BCUT2D eigenvalue weighted by Crippen LogP contribution is 2.29. The van der Waals surface area contributed by atoms with Crippen LogP contribution in [0.15, 0.2) is 52.9 Å². The standard InChI is InChI=1S/C17H18N4O3/c1-11-12-4-2-3-5-14(12)23-9-7-18-17(22)13-10-19-21-8-6-15(24-11)20-16(13)21/h2-6,8,11,19H,7,9-10H2,1H3,(H,18,22). The summed E-state index contributed by atoms with van der Waals surface area (Å²) in [5, 5.41) is 4.60. The van der Waals surface area contributed by atoms with Crippen molar-refractivity contribution < 1.29 is 14.3 Å². The topological polar surface area (TPSA) is 75.2 Å². The van der Waals surface area contributed by atoms with Crippen LogP contribution in [0.3, 0.4) is 0 Å². The highest BCUT2D eigenvalue weighted by atomic mass is 16.5. The molecule has 3 aliphatic heterocycles. The van der Waals surface area contributed by atoms with E-state index in [-0.39, 0.29) is 12.0 Å². The summed E-state index contributed by atoms with van der Waals surface area (Å²) in [6.45, 7) is 3.20. The smallest absolute Gasteiger partial charge is 0.252 e. The molecule has 7 nitrogen and oxygen atoms in total. The van der Waals surface area contributed by atoms with Gasteiger partial charge in [-0.3, -0.25) is 9.80 Å². The predicted octanol–water partition coefficient (Wildman–Crippen LogP) is 1.23. The Balaban J connectivity index is 1.72. The van der Waals surface area contributed by atoms with Crippen molar-refractivity contribution in [1.82, 2.24) is 15.8 Å². The minimum Gasteiger partial charge on any atom is -0.491 e. The van der Waals surface area contributed by atoms with Gasteiger partial charge < -0.3 is 14.8 Å². The maximum absolute atomic E-state index is 12.4. The number of ether oxygens (including phenoxy) is 2. The Hall–Kier alpha value is -2.80. The Bertz CT molecular complexity index is 769. The molecule has 124 valence electrons. The lowest BCUT2D eigenvalue weighted by atomic mass is 10.1. The van der Waals surface area contributed by atoms with Crippen molar-refractivity contribution in [2.24, 2.45) is 4.99 Å². The molecule has 4 rings (SSSR count). The number of carbonyl (C=O) groups excluding carboxylic acids is 1. The van der Waals surface area contributed by atoms with Crippen molar-refractivity contribution >= 4 is 11.8 Å². The Labute approximate surface area is 139 Å². The first-order valence-electron chi connectivity index (χ1n) is 7.92. The molecule has 1 aromatic rings. The van der Waals surface area contributed by atoms with E-state index in [4.69, 9.17) is 9.47 Å². The molecule has 1 amide bonds. The van der Waals surface area contributed by atoms with Crippen molar-refractivity contribution in [2.45, 2.75) is 13.0 Å². The lowest BCUT2D eigenvalue weighted by Crippen LogP contribution is -2.31. The minimum atomic E-state index is -0.223. The molecule has 24 heavy (non-hydrogen) atoms. The molecule has 2 bridgehead atoms. The molecule has 1 aromatic carbocycles. The number of hydrogen-bond acceptors (Lipinski definition) is 6. The highest BCUT2D eigenvalue weighted by molar-refractivity contribution is 5.97. The second-order valence-corrected chi connectivity index (χ2v) is 5.68. The number of rotatable bonds is 0. The van der Waals surface area contributed by atoms with E-state index >= 15 is 0 Å². The van der Waals surface area contributed by atoms with Crippen LogP contribution < -0.4 is 15.5 Å². The normalized spacial score (nSPS) is 23.0. The van der Waals surface area contributed by atoms with Gasteiger partial charge in [0, 0.05) is 24.4 Å². The third-order valence-corrected chi connectivity index (χ3v) is 4.08. The predicted molar refractivity (Wildman–Crippen MR) is 87.9 cm³/mol. The number of fused-ring (bicyclic) bond motifs is 1. The van der Waals surface area contributed by atoms with E-state index < -0.39 is 0 Å². The molecule has 2 N–H and O–H groups in total. The third-order valence-electron chi connectivity index (χ3n) is 4.08. The van der Waals surface area contributed by atoms with Crippen molar-refractivity contribution in [1.29, 1.82) is 0 Å². The fraction of sp³-hybridized carbons (Fsp3) is 0.294. The van der Waals surface area contributed by atoms with Crippen LogP contribution in [0.4, 0.5) is 0 Å². The first-order valence-corrected chi connectivity index (χ1v) is 7.92. The van der Waals surface area contributed by atoms with E-state index in [9.17, 15) is 4.79 Å². The fourth-order valence-corrected chi connectivity index (χ4v) is 2.86. The molecular formula is C17H18N4O3. The van der Waals surface area contributed by atoms with E-state index in [0.29, 0.717) is 37.0 Å². The Morgan fingerprint density at radius 3 is 3.12 bits per heavy atom. The zero-order chi connectivity index (χ0) is 16.5. The molecule has 3 aliphatic rings. The number of para-hydroxylation sites is 1. The average Bonchev–Trinajstić information content (AvgIpc) is 3.01. The lowest BCUT2D eigenvalue weighted by Gasteiger charge is -2.22. The highest BCUT2D eigenvalue weighted by Gasteiger charge is 2.29. The van der Waals surface area contributed by atoms with E-state index in [0.717, 1.165) is 11.3 Å². The van der Waals surface area contributed by atoms with Crippen LogP contribution in [0.5, 0.6) is 5.75 Å². The zero-order valence-electron chi connectivity index (χ0n) is 13.3. The van der Waals surface area contributed by atoms with Gasteiger partial charge in [-0.15, -0.1) is 0 Å². The number of nitrogens with one attached hydrogen (secondary N) is 2. The Kier molecular flexibility index (Phi) is 3.70. The maximum atomic E-state index is 12.4. The third kappa shape index (κ3) is 2.63. The van der Waals surface area contributed by atoms with Gasteiger partial charge in [-0.05, 0) is 13.0 Å². The molecule has 1 atom stereocenters. The van der Waals surface area contributed by atoms with Crippen molar-refractivity contribution in [3.8, 4) is 5.75 Å². The van der Waals surface area contributed by atoms with Gasteiger partial charge in [0.1, 0.15) is 18.5 Å². The number of amides is 1. The summed E-state index contributed by atoms with van der Waals surface area (Å²) in [5.41, 5.74) is 4.63. The summed E-state index contributed by atoms with van der Waals surface area (Å²) in [4.78, 5) is 16.9. The number of aliphatic imine (C=N–C) groups is 1. The van der Waals surface area contributed by atoms with Gasteiger partial charge in [-0.25, -0.2) is 5.43 Å². The minimum absolute atomic E-state index is 0.150. The van der Waals surface area contributed by atoms with Crippen molar-refractivity contribution in [2.75, 3.05) is 19.7 Å². The van der Waals surface area contributed by atoms with E-state index in [1.807, 2.05) is 37.4 Å². The first kappa shape index (κ1) is 14.8. The number of nitrogens with zero attached hydrogens (tertiary/aromatic N) is 2. The quantitative estimate of drug-likeness (QED) is 0.750. The molecule has 3 heterocycles. The largest absolute Gasteiger partial charge is 0.491 e. The second-order valence-electron chi connectivity index (χ2n) is 5.68. The summed E-state index contributed by atoms with van der Waals surface area (Å²) in [6.07, 6.45) is 3.36. The van der Waals surface area contributed by atoms with Gasteiger partial charge in [-0.2, -0.15) is 4.99 Å². The van der Waals surface area contributed by atoms with E-state index in [2.05, 4.69) is 15.7 Å². The lowest BCUT2D eigenvalue weighted by molar-refractivity contribution is -0.117. The van der Waals surface area contributed by atoms with Crippen LogP contribution in [0.25, 0.3) is 0 Å². The van der Waals surface area contributed by atoms with Crippen LogP contribution in [-0.4, -0.2) is 36.5 Å². The van der Waals surface area contributed by atoms with Crippen molar-refractivity contribution in [3.05, 3.63) is 53.5 Å². The zero-order valence-corrected chi connectivity index (χ0v) is 13.3. The summed E-state index contributed by atoms with van der Waals surface area (Å²) in [5.74, 6) is 1.65. The molecule has 0 fully saturated rings. The van der Waals surface area contributed by atoms with Crippen LogP contribution in [0.1, 0.15) is 18.6 Å².